The molecule has 0 atom stereocenters. The van der Waals surface area contributed by atoms with Crippen LogP contribution in [0.5, 0.6) is 5.75 Å². The normalized spacial score (nSPS) is 9.85. The summed E-state index contributed by atoms with van der Waals surface area (Å²) in [6.45, 7) is 0. The highest BCUT2D eigenvalue weighted by Crippen LogP contribution is 2.21. The van der Waals surface area contributed by atoms with Crippen molar-refractivity contribution in [1.29, 1.82) is 0 Å². The number of ether oxygens (including phenoxy) is 1. The molecule has 2 aromatic carbocycles. The lowest BCUT2D eigenvalue weighted by Crippen LogP contribution is -2.48. The second kappa shape index (κ2) is 9.23. The Balaban J connectivity index is 1.96. The predicted octanol–water partition coefficient (Wildman–Crippen LogP) is 2.16. The van der Waals surface area contributed by atoms with Gasteiger partial charge in [0.25, 0.3) is 17.5 Å². The number of nitro groups is 1. The number of hydrogen-bond acceptors (Lipinski definition) is 6. The topological polar surface area (TPSA) is 123 Å². The van der Waals surface area contributed by atoms with E-state index in [4.69, 9.17) is 17.0 Å². The van der Waals surface area contributed by atoms with Crippen molar-refractivity contribution in [3.05, 3.63) is 67.3 Å². The van der Waals surface area contributed by atoms with Gasteiger partial charge in [-0.2, -0.15) is 0 Å². The molecule has 3 N–H and O–H groups in total. The largest absolute Gasteiger partial charge is 0.496 e. The molecule has 2 amide bonds. The second-order valence-corrected chi connectivity index (χ2v) is 6.56. The first-order valence-corrected chi connectivity index (χ1v) is 8.80. The number of para-hydroxylation sites is 1. The van der Waals surface area contributed by atoms with E-state index >= 15 is 0 Å². The standard InChI is InChI=1S/C16H13IN4O5S/c1-26-13-7-6-9(8-11(13)17)14(22)18-16(27)20-19-15(23)10-4-2-3-5-12(10)21(24)25/h2-8H,1H3,(H,19,23)(H2,18,20,22,27). The van der Waals surface area contributed by atoms with Gasteiger partial charge in [0.1, 0.15) is 11.3 Å². The molecule has 0 bridgehead atoms. The minimum atomic E-state index is -0.766. The first kappa shape index (κ1) is 20.5. The number of benzene rings is 2. The quantitative estimate of drug-likeness (QED) is 0.255. The molecule has 0 aliphatic rings. The van der Waals surface area contributed by atoms with Gasteiger partial charge in [-0.3, -0.25) is 35.9 Å². The minimum absolute atomic E-state index is 0.145. The molecule has 0 radical (unpaired) electrons. The van der Waals surface area contributed by atoms with Crippen LogP contribution in [0.4, 0.5) is 5.69 Å². The summed E-state index contributed by atoms with van der Waals surface area (Å²) in [7, 11) is 1.52. The van der Waals surface area contributed by atoms with Gasteiger partial charge in [-0.25, -0.2) is 0 Å². The SMILES string of the molecule is COc1ccc(C(=O)NC(=S)NNC(=O)c2ccccc2[N+](=O)[O-])cc1I. The van der Waals surface area contributed by atoms with Crippen molar-refractivity contribution in [3.63, 3.8) is 0 Å². The van der Waals surface area contributed by atoms with Gasteiger partial charge in [-0.15, -0.1) is 0 Å². The highest BCUT2D eigenvalue weighted by atomic mass is 127. The summed E-state index contributed by atoms with van der Waals surface area (Å²) in [6.07, 6.45) is 0. The Hall–Kier alpha value is -2.80. The van der Waals surface area contributed by atoms with Crippen LogP contribution in [0, 0.1) is 13.7 Å². The lowest BCUT2D eigenvalue weighted by molar-refractivity contribution is -0.385. The molecule has 0 aromatic heterocycles. The molecular formula is C16H13IN4O5S. The molecule has 9 nitrogen and oxygen atoms in total. The Labute approximate surface area is 172 Å². The summed E-state index contributed by atoms with van der Waals surface area (Å²) in [6, 6.07) is 10.3. The van der Waals surface area contributed by atoms with Gasteiger partial charge in [0.05, 0.1) is 15.6 Å². The average molecular weight is 500 g/mol. The highest BCUT2D eigenvalue weighted by molar-refractivity contribution is 14.1. The van der Waals surface area contributed by atoms with E-state index in [-0.39, 0.29) is 16.4 Å². The molecule has 140 valence electrons. The molecular weight excluding hydrogens is 487 g/mol. The van der Waals surface area contributed by atoms with Crippen molar-refractivity contribution >= 4 is 57.4 Å². The lowest BCUT2D eigenvalue weighted by Gasteiger charge is -2.11. The first-order valence-electron chi connectivity index (χ1n) is 7.32. The summed E-state index contributed by atoms with van der Waals surface area (Å²) >= 11 is 6.97. The monoisotopic (exact) mass is 500 g/mol. The zero-order chi connectivity index (χ0) is 20.0. The number of carbonyl (C=O) groups excluding carboxylic acids is 2. The average Bonchev–Trinajstić information content (AvgIpc) is 2.65. The molecule has 0 heterocycles. The smallest absolute Gasteiger partial charge is 0.282 e. The minimum Gasteiger partial charge on any atom is -0.496 e. The zero-order valence-corrected chi connectivity index (χ0v) is 16.8. The molecule has 2 rings (SSSR count). The van der Waals surface area contributed by atoms with E-state index in [1.807, 2.05) is 22.6 Å². The van der Waals surface area contributed by atoms with Crippen LogP contribution < -0.4 is 20.9 Å². The third kappa shape index (κ3) is 5.34. The molecule has 2 aromatic rings. The van der Waals surface area contributed by atoms with Crippen LogP contribution in [0.3, 0.4) is 0 Å². The Morgan fingerprint density at radius 3 is 2.48 bits per heavy atom. The van der Waals surface area contributed by atoms with E-state index in [0.717, 1.165) is 3.57 Å². The Kier molecular flexibility index (Phi) is 7.01. The van der Waals surface area contributed by atoms with Crippen molar-refractivity contribution in [1.82, 2.24) is 16.2 Å². The van der Waals surface area contributed by atoms with Crippen molar-refractivity contribution in [2.45, 2.75) is 0 Å². The summed E-state index contributed by atoms with van der Waals surface area (Å²) in [5, 5.41) is 13.2. The van der Waals surface area contributed by atoms with Crippen LogP contribution in [-0.2, 0) is 0 Å². The number of hydrazine groups is 1. The fourth-order valence-electron chi connectivity index (χ4n) is 2.02. The third-order valence-electron chi connectivity index (χ3n) is 3.28. The van der Waals surface area contributed by atoms with Crippen LogP contribution in [0.15, 0.2) is 42.5 Å². The van der Waals surface area contributed by atoms with Crippen LogP contribution in [-0.4, -0.2) is 29.0 Å². The van der Waals surface area contributed by atoms with Gasteiger partial charge in [0.2, 0.25) is 0 Å². The summed E-state index contributed by atoms with van der Waals surface area (Å²) in [4.78, 5) is 34.5. The molecule has 27 heavy (non-hydrogen) atoms. The number of hydrogen-bond donors (Lipinski definition) is 3. The van der Waals surface area contributed by atoms with Crippen molar-refractivity contribution < 1.29 is 19.2 Å². The lowest BCUT2D eigenvalue weighted by atomic mass is 10.2. The Morgan fingerprint density at radius 1 is 1.15 bits per heavy atom. The Morgan fingerprint density at radius 2 is 1.85 bits per heavy atom. The number of nitrogens with zero attached hydrogens (tertiary/aromatic N) is 1. The van der Waals surface area contributed by atoms with Crippen molar-refractivity contribution in [2.75, 3.05) is 7.11 Å². The number of carbonyl (C=O) groups is 2. The van der Waals surface area contributed by atoms with Gasteiger partial charge in [-0.05, 0) is 59.1 Å². The fourth-order valence-corrected chi connectivity index (χ4v) is 2.90. The molecule has 0 aliphatic heterocycles. The number of nitro benzene ring substituents is 1. The first-order chi connectivity index (χ1) is 12.8. The van der Waals surface area contributed by atoms with E-state index in [0.29, 0.717) is 11.3 Å². The van der Waals surface area contributed by atoms with E-state index < -0.39 is 16.7 Å². The maximum Gasteiger partial charge on any atom is 0.282 e. The maximum absolute atomic E-state index is 12.2. The molecule has 0 fully saturated rings. The third-order valence-corrected chi connectivity index (χ3v) is 4.32. The van der Waals surface area contributed by atoms with Gasteiger partial charge < -0.3 is 4.74 Å². The van der Waals surface area contributed by atoms with E-state index in [9.17, 15) is 19.7 Å². The van der Waals surface area contributed by atoms with Gasteiger partial charge in [0, 0.05) is 11.6 Å². The van der Waals surface area contributed by atoms with Crippen LogP contribution in [0.2, 0.25) is 0 Å². The number of nitrogens with one attached hydrogen (secondary N) is 3. The van der Waals surface area contributed by atoms with E-state index in [2.05, 4.69) is 16.2 Å². The zero-order valence-electron chi connectivity index (χ0n) is 13.8. The van der Waals surface area contributed by atoms with Gasteiger partial charge >= 0.3 is 0 Å². The van der Waals surface area contributed by atoms with E-state index in [1.165, 1.54) is 31.4 Å². The summed E-state index contributed by atoms with van der Waals surface area (Å²) < 4.78 is 5.86. The molecule has 0 saturated carbocycles. The van der Waals surface area contributed by atoms with Gasteiger partial charge in [0.15, 0.2) is 5.11 Å². The Bertz CT molecular complexity index is 921. The highest BCUT2D eigenvalue weighted by Gasteiger charge is 2.19. The van der Waals surface area contributed by atoms with Crippen LogP contribution in [0.1, 0.15) is 20.7 Å². The van der Waals surface area contributed by atoms with Crippen molar-refractivity contribution in [3.8, 4) is 5.75 Å². The van der Waals surface area contributed by atoms with Crippen LogP contribution >= 0.6 is 34.8 Å². The van der Waals surface area contributed by atoms with Gasteiger partial charge in [-0.1, -0.05) is 12.1 Å². The molecule has 0 saturated heterocycles. The molecule has 0 unspecified atom stereocenters. The predicted molar refractivity (Wildman–Crippen MR) is 109 cm³/mol. The molecule has 0 spiro atoms. The molecule has 11 heteroatoms. The summed E-state index contributed by atoms with van der Waals surface area (Å²) in [5.41, 5.74) is 4.40. The summed E-state index contributed by atoms with van der Waals surface area (Å²) in [5.74, 6) is -0.629. The fraction of sp³-hybridized carbons (Fsp3) is 0.0625. The molecule has 0 aliphatic carbocycles. The van der Waals surface area contributed by atoms with Crippen LogP contribution in [0.25, 0.3) is 0 Å². The number of halogens is 1. The second-order valence-electron chi connectivity index (χ2n) is 4.99. The van der Waals surface area contributed by atoms with E-state index in [1.54, 1.807) is 18.2 Å². The number of methoxy groups -OCH3 is 1. The maximum atomic E-state index is 12.2. The number of thiocarbonyl (C=S) groups is 1. The number of amides is 2. The number of rotatable bonds is 4. The van der Waals surface area contributed by atoms with Crippen molar-refractivity contribution in [2.24, 2.45) is 0 Å².